The van der Waals surface area contributed by atoms with Gasteiger partial charge in [-0.05, 0) is 0 Å². The van der Waals surface area contributed by atoms with Gasteiger partial charge in [-0.25, -0.2) is 0 Å². The Kier molecular flexibility index (Phi) is 10.9. The van der Waals surface area contributed by atoms with E-state index in [1.165, 1.54) is 14.2 Å². The normalized spacial score (nSPS) is 7.14. The maximum absolute atomic E-state index is 9.88. The zero-order valence-corrected chi connectivity index (χ0v) is 7.57. The Morgan fingerprint density at radius 3 is 1.57 bits per heavy atom. The molecule has 0 saturated heterocycles. The number of hydrogen-bond donors (Lipinski definition) is 0. The summed E-state index contributed by atoms with van der Waals surface area (Å²) >= 11 is 0. The molecule has 0 rings (SSSR count). The average Bonchev–Trinajstić information content (AvgIpc) is 1.65. The van der Waals surface area contributed by atoms with Crippen LogP contribution in [0.15, 0.2) is 0 Å². The minimum atomic E-state index is -1.83. The van der Waals surface area contributed by atoms with Crippen LogP contribution in [0.3, 0.4) is 0 Å². The SMILES string of the molecule is CO[P+](=O)OC.[Na+]. The van der Waals surface area contributed by atoms with Gasteiger partial charge < -0.3 is 0 Å². The second-order valence-electron chi connectivity index (χ2n) is 0.589. The van der Waals surface area contributed by atoms with Crippen molar-refractivity contribution < 1.29 is 43.2 Å². The van der Waals surface area contributed by atoms with Gasteiger partial charge in [0.2, 0.25) is 0 Å². The third kappa shape index (κ3) is 7.02. The smallest absolute Gasteiger partial charge is 0.122 e. The van der Waals surface area contributed by atoms with Crippen molar-refractivity contribution in [1.82, 2.24) is 0 Å². The molecule has 7 heavy (non-hydrogen) atoms. The van der Waals surface area contributed by atoms with Crippen molar-refractivity contribution in [3.05, 3.63) is 0 Å². The zero-order valence-electron chi connectivity index (χ0n) is 4.67. The first-order chi connectivity index (χ1) is 2.81. The van der Waals surface area contributed by atoms with Gasteiger partial charge in [0.15, 0.2) is 0 Å². The van der Waals surface area contributed by atoms with E-state index >= 15 is 0 Å². The third-order valence-electron chi connectivity index (χ3n) is 0.298. The maximum atomic E-state index is 9.88. The molecule has 0 radical (unpaired) electrons. The Morgan fingerprint density at radius 2 is 1.57 bits per heavy atom. The fourth-order valence-electron chi connectivity index (χ4n) is 0.0745. The molecule has 36 valence electrons. The summed E-state index contributed by atoms with van der Waals surface area (Å²) in [6.45, 7) is 0. The average molecular weight is 132 g/mol. The van der Waals surface area contributed by atoms with E-state index in [1.807, 2.05) is 0 Å². The third-order valence-corrected chi connectivity index (χ3v) is 0.894. The minimum Gasteiger partial charge on any atom is -0.122 e. The van der Waals surface area contributed by atoms with Gasteiger partial charge in [-0.15, -0.1) is 9.05 Å². The molecule has 0 N–H and O–H groups in total. The maximum Gasteiger partial charge on any atom is 1.00 e. The van der Waals surface area contributed by atoms with Crippen LogP contribution in [0.25, 0.3) is 0 Å². The van der Waals surface area contributed by atoms with Crippen molar-refractivity contribution in [2.75, 3.05) is 14.2 Å². The van der Waals surface area contributed by atoms with Crippen LogP contribution in [0.5, 0.6) is 0 Å². The zero-order chi connectivity index (χ0) is 4.99. The predicted octanol–water partition coefficient (Wildman–Crippen LogP) is -2.06. The molecule has 0 atom stereocenters. The van der Waals surface area contributed by atoms with E-state index in [1.54, 1.807) is 0 Å². The van der Waals surface area contributed by atoms with Crippen LogP contribution in [0, 0.1) is 0 Å². The van der Waals surface area contributed by atoms with Crippen molar-refractivity contribution in [1.29, 1.82) is 0 Å². The summed E-state index contributed by atoms with van der Waals surface area (Å²) in [4.78, 5) is 0. The van der Waals surface area contributed by atoms with E-state index in [9.17, 15) is 4.57 Å². The molecular formula is C2H6NaO3P+2. The van der Waals surface area contributed by atoms with Crippen molar-refractivity contribution in [3.63, 3.8) is 0 Å². The van der Waals surface area contributed by atoms with Crippen LogP contribution in [0.1, 0.15) is 0 Å². The summed E-state index contributed by atoms with van der Waals surface area (Å²) in [7, 11) is 0.817. The summed E-state index contributed by atoms with van der Waals surface area (Å²) in [6, 6.07) is 0. The van der Waals surface area contributed by atoms with Gasteiger partial charge in [-0.3, -0.25) is 0 Å². The first-order valence-corrected chi connectivity index (χ1v) is 2.46. The number of hydrogen-bond acceptors (Lipinski definition) is 3. The largest absolute Gasteiger partial charge is 1.00 e. The second kappa shape index (κ2) is 7.02. The molecule has 0 aliphatic rings. The Morgan fingerprint density at radius 1 is 1.29 bits per heavy atom. The fraction of sp³-hybridized carbons (Fsp3) is 1.00. The quantitative estimate of drug-likeness (QED) is 0.320. The monoisotopic (exact) mass is 132 g/mol. The van der Waals surface area contributed by atoms with Gasteiger partial charge in [0.1, 0.15) is 0 Å². The van der Waals surface area contributed by atoms with Gasteiger partial charge in [0, 0.05) is 4.57 Å². The van der Waals surface area contributed by atoms with E-state index in [0.29, 0.717) is 0 Å². The molecule has 3 nitrogen and oxygen atoms in total. The summed E-state index contributed by atoms with van der Waals surface area (Å²) in [5.74, 6) is 0. The van der Waals surface area contributed by atoms with Gasteiger partial charge >= 0.3 is 37.8 Å². The summed E-state index contributed by atoms with van der Waals surface area (Å²) in [6.07, 6.45) is 0. The molecule has 0 heterocycles. The molecule has 0 saturated carbocycles. The van der Waals surface area contributed by atoms with Crippen molar-refractivity contribution in [3.8, 4) is 0 Å². The molecule has 5 heteroatoms. The van der Waals surface area contributed by atoms with E-state index in [2.05, 4.69) is 9.05 Å². The van der Waals surface area contributed by atoms with Crippen LogP contribution in [0.4, 0.5) is 0 Å². The van der Waals surface area contributed by atoms with Crippen LogP contribution in [-0.4, -0.2) is 14.2 Å². The molecule has 0 bridgehead atoms. The summed E-state index contributed by atoms with van der Waals surface area (Å²) < 4.78 is 18.3. The molecule has 0 aromatic heterocycles. The van der Waals surface area contributed by atoms with Crippen molar-refractivity contribution >= 4 is 8.25 Å². The Labute approximate surface area is 65.6 Å². The summed E-state index contributed by atoms with van der Waals surface area (Å²) in [5.41, 5.74) is 0. The van der Waals surface area contributed by atoms with E-state index in [0.717, 1.165) is 0 Å². The van der Waals surface area contributed by atoms with Gasteiger partial charge in [-0.1, -0.05) is 0 Å². The van der Waals surface area contributed by atoms with Crippen LogP contribution < -0.4 is 29.6 Å². The molecule has 0 amide bonds. The molecule has 0 aromatic rings. The standard InChI is InChI=1S/C2H6O3P.Na/c1-4-6(3)5-2;/h1-2H3;/q2*+1. The van der Waals surface area contributed by atoms with Gasteiger partial charge in [0.05, 0.1) is 14.2 Å². The first kappa shape index (κ1) is 10.9. The van der Waals surface area contributed by atoms with Crippen LogP contribution in [0.2, 0.25) is 0 Å². The van der Waals surface area contributed by atoms with E-state index in [-0.39, 0.29) is 29.6 Å². The topological polar surface area (TPSA) is 35.5 Å². The Bertz CT molecular complexity index is 50.9. The first-order valence-electron chi connectivity index (χ1n) is 1.36. The van der Waals surface area contributed by atoms with Crippen molar-refractivity contribution in [2.24, 2.45) is 0 Å². The summed E-state index contributed by atoms with van der Waals surface area (Å²) in [5, 5.41) is 0. The molecule has 0 unspecified atom stereocenters. The van der Waals surface area contributed by atoms with E-state index in [4.69, 9.17) is 0 Å². The molecular weight excluding hydrogens is 126 g/mol. The molecule has 0 fully saturated rings. The van der Waals surface area contributed by atoms with Crippen LogP contribution >= 0.6 is 8.25 Å². The van der Waals surface area contributed by atoms with Crippen molar-refractivity contribution in [2.45, 2.75) is 0 Å². The fourth-order valence-corrected chi connectivity index (χ4v) is 0.224. The molecule has 0 aliphatic heterocycles. The predicted molar refractivity (Wildman–Crippen MR) is 21.6 cm³/mol. The van der Waals surface area contributed by atoms with Gasteiger partial charge in [-0.2, -0.15) is 0 Å². The molecule has 0 aliphatic carbocycles. The Balaban J connectivity index is 0. The minimum absolute atomic E-state index is 0. The number of rotatable bonds is 2. The second-order valence-corrected chi connectivity index (χ2v) is 1.77. The van der Waals surface area contributed by atoms with Gasteiger partial charge in [0.25, 0.3) is 0 Å². The van der Waals surface area contributed by atoms with E-state index < -0.39 is 8.25 Å². The Hall–Kier alpha value is 1.02. The molecule has 0 spiro atoms. The van der Waals surface area contributed by atoms with Crippen LogP contribution in [-0.2, 0) is 13.6 Å². The molecule has 0 aromatic carbocycles.